The van der Waals surface area contributed by atoms with Crippen LogP contribution < -0.4 is 5.73 Å². The number of amides is 1. The van der Waals surface area contributed by atoms with Crippen molar-refractivity contribution in [2.45, 2.75) is 13.5 Å². The van der Waals surface area contributed by atoms with Gasteiger partial charge in [0.05, 0.1) is 29.0 Å². The largest absolute Gasteiger partial charge is 0.396 e. The molecule has 0 bridgehead atoms. The fourth-order valence-corrected chi connectivity index (χ4v) is 3.01. The molecule has 7 heteroatoms. The number of hydrogen-bond donors (Lipinski definition) is 1. The van der Waals surface area contributed by atoms with Gasteiger partial charge in [0.1, 0.15) is 5.82 Å². The molecule has 4 nitrogen and oxygen atoms in total. The van der Waals surface area contributed by atoms with Crippen LogP contribution in [0.3, 0.4) is 0 Å². The minimum atomic E-state index is -0.547. The average molecular weight is 358 g/mol. The molecule has 0 aliphatic rings. The Balaban J connectivity index is 2.23. The number of nitrogens with zero attached hydrogens (tertiary/aromatic N) is 2. The average Bonchev–Trinajstić information content (AvgIpc) is 2.78. The second-order valence-corrected chi connectivity index (χ2v) is 6.17. The highest BCUT2D eigenvalue weighted by Crippen LogP contribution is 2.25. The molecule has 0 spiro atoms. The van der Waals surface area contributed by atoms with Crippen LogP contribution in [0, 0.1) is 12.7 Å². The topological polar surface area (TPSA) is 59.2 Å². The highest BCUT2D eigenvalue weighted by molar-refractivity contribution is 9.10. The molecule has 2 aromatic rings. The zero-order chi connectivity index (χ0) is 14.9. The maximum atomic E-state index is 13.3. The Morgan fingerprint density at radius 2 is 2.25 bits per heavy atom. The zero-order valence-corrected chi connectivity index (χ0v) is 13.4. The Morgan fingerprint density at radius 1 is 1.55 bits per heavy atom. The van der Waals surface area contributed by atoms with E-state index < -0.39 is 5.82 Å². The predicted molar refractivity (Wildman–Crippen MR) is 81.2 cm³/mol. The molecule has 0 saturated heterocycles. The van der Waals surface area contributed by atoms with E-state index in [1.165, 1.54) is 23.5 Å². The molecular weight excluding hydrogens is 345 g/mol. The number of nitrogen functional groups attached to an aromatic ring is 1. The summed E-state index contributed by atoms with van der Waals surface area (Å²) in [7, 11) is 1.69. The smallest absolute Gasteiger partial charge is 0.255 e. The summed E-state index contributed by atoms with van der Waals surface area (Å²) < 4.78 is 13.7. The van der Waals surface area contributed by atoms with Gasteiger partial charge in [0.15, 0.2) is 0 Å². The van der Waals surface area contributed by atoms with Gasteiger partial charge in [-0.25, -0.2) is 9.37 Å². The predicted octanol–water partition coefficient (Wildman–Crippen LogP) is 3.21. The monoisotopic (exact) mass is 357 g/mol. The van der Waals surface area contributed by atoms with Gasteiger partial charge in [0.25, 0.3) is 5.91 Å². The minimum absolute atomic E-state index is 0.0427. The van der Waals surface area contributed by atoms with Crippen molar-refractivity contribution in [1.29, 1.82) is 0 Å². The number of rotatable bonds is 3. The maximum Gasteiger partial charge on any atom is 0.255 e. The van der Waals surface area contributed by atoms with E-state index >= 15 is 0 Å². The number of halogens is 2. The molecule has 1 aromatic heterocycles. The van der Waals surface area contributed by atoms with Gasteiger partial charge in [0.2, 0.25) is 0 Å². The van der Waals surface area contributed by atoms with Crippen molar-refractivity contribution in [2.24, 2.45) is 0 Å². The molecule has 2 N–H and O–H groups in total. The van der Waals surface area contributed by atoms with Crippen LogP contribution in [0.2, 0.25) is 0 Å². The van der Waals surface area contributed by atoms with Crippen LogP contribution in [0.15, 0.2) is 22.1 Å². The van der Waals surface area contributed by atoms with E-state index in [2.05, 4.69) is 20.9 Å². The van der Waals surface area contributed by atoms with Gasteiger partial charge in [-0.05, 0) is 35.0 Å². The van der Waals surface area contributed by atoms with Crippen molar-refractivity contribution in [2.75, 3.05) is 12.8 Å². The second kappa shape index (κ2) is 5.88. The first kappa shape index (κ1) is 14.9. The van der Waals surface area contributed by atoms with E-state index in [0.29, 0.717) is 16.6 Å². The van der Waals surface area contributed by atoms with Crippen LogP contribution in [0.5, 0.6) is 0 Å². The molecule has 0 aliphatic carbocycles. The number of aryl methyl sites for hydroxylation is 1. The molecule has 0 fully saturated rings. The molecular formula is C13H13BrFN3OS. The SMILES string of the molecule is Cc1ncsc1CN(C)C(=O)c1cc(N)c(F)cc1Br. The summed E-state index contributed by atoms with van der Waals surface area (Å²) in [6.07, 6.45) is 0. The summed E-state index contributed by atoms with van der Waals surface area (Å²) in [6, 6.07) is 2.55. The zero-order valence-electron chi connectivity index (χ0n) is 11.0. The van der Waals surface area contributed by atoms with Crippen LogP contribution in [0.4, 0.5) is 10.1 Å². The van der Waals surface area contributed by atoms with E-state index in [4.69, 9.17) is 5.73 Å². The standard InChI is InChI=1S/C13H13BrFN3OS/c1-7-12(20-6-17-7)5-18(2)13(19)8-3-11(16)10(15)4-9(8)14/h3-4,6H,5,16H2,1-2H3. The summed E-state index contributed by atoms with van der Waals surface area (Å²) in [5.41, 5.74) is 8.47. The Morgan fingerprint density at radius 3 is 2.85 bits per heavy atom. The van der Waals surface area contributed by atoms with E-state index in [1.807, 2.05) is 6.92 Å². The number of anilines is 1. The highest BCUT2D eigenvalue weighted by Gasteiger charge is 2.18. The van der Waals surface area contributed by atoms with Gasteiger partial charge in [-0.3, -0.25) is 4.79 Å². The summed E-state index contributed by atoms with van der Waals surface area (Å²) in [4.78, 5) is 19.1. The number of aromatic nitrogens is 1. The normalized spacial score (nSPS) is 10.6. The summed E-state index contributed by atoms with van der Waals surface area (Å²) in [5.74, 6) is -0.772. The molecule has 1 amide bonds. The van der Waals surface area contributed by atoms with E-state index in [9.17, 15) is 9.18 Å². The van der Waals surface area contributed by atoms with Crippen molar-refractivity contribution in [1.82, 2.24) is 9.88 Å². The van der Waals surface area contributed by atoms with E-state index in [-0.39, 0.29) is 11.6 Å². The van der Waals surface area contributed by atoms with Crippen LogP contribution in [0.25, 0.3) is 0 Å². The lowest BCUT2D eigenvalue weighted by Crippen LogP contribution is -2.26. The molecule has 0 saturated carbocycles. The number of thiazole rings is 1. The summed E-state index contributed by atoms with van der Waals surface area (Å²) >= 11 is 4.69. The van der Waals surface area contributed by atoms with Gasteiger partial charge < -0.3 is 10.6 Å². The van der Waals surface area contributed by atoms with Crippen molar-refractivity contribution in [3.8, 4) is 0 Å². The fourth-order valence-electron chi connectivity index (χ4n) is 1.70. The molecule has 20 heavy (non-hydrogen) atoms. The molecule has 0 radical (unpaired) electrons. The van der Waals surface area contributed by atoms with Gasteiger partial charge in [-0.1, -0.05) is 0 Å². The van der Waals surface area contributed by atoms with E-state index in [0.717, 1.165) is 10.6 Å². The molecule has 0 atom stereocenters. The maximum absolute atomic E-state index is 13.3. The summed E-state index contributed by atoms with van der Waals surface area (Å²) in [6.45, 7) is 2.36. The highest BCUT2D eigenvalue weighted by atomic mass is 79.9. The lowest BCUT2D eigenvalue weighted by atomic mass is 10.1. The number of nitrogens with two attached hydrogens (primary N) is 1. The second-order valence-electron chi connectivity index (χ2n) is 4.38. The summed E-state index contributed by atoms with van der Waals surface area (Å²) in [5, 5.41) is 0. The third-order valence-electron chi connectivity index (χ3n) is 2.89. The molecule has 0 aliphatic heterocycles. The van der Waals surface area contributed by atoms with Crippen LogP contribution in [-0.4, -0.2) is 22.8 Å². The van der Waals surface area contributed by atoms with Crippen molar-refractivity contribution < 1.29 is 9.18 Å². The van der Waals surface area contributed by atoms with Gasteiger partial charge in [0, 0.05) is 16.4 Å². The van der Waals surface area contributed by atoms with Crippen LogP contribution >= 0.6 is 27.3 Å². The number of carbonyl (C=O) groups is 1. The van der Waals surface area contributed by atoms with E-state index in [1.54, 1.807) is 17.5 Å². The molecule has 1 heterocycles. The van der Waals surface area contributed by atoms with Crippen molar-refractivity contribution in [3.05, 3.63) is 44.1 Å². The minimum Gasteiger partial charge on any atom is -0.396 e. The van der Waals surface area contributed by atoms with Gasteiger partial charge in [-0.2, -0.15) is 0 Å². The Hall–Kier alpha value is -1.47. The fraction of sp³-hybridized carbons (Fsp3) is 0.231. The Bertz CT molecular complexity index is 659. The number of benzene rings is 1. The van der Waals surface area contributed by atoms with Crippen molar-refractivity contribution >= 4 is 38.9 Å². The van der Waals surface area contributed by atoms with Crippen molar-refractivity contribution in [3.63, 3.8) is 0 Å². The number of carbonyl (C=O) groups excluding carboxylic acids is 1. The molecule has 2 rings (SSSR count). The van der Waals surface area contributed by atoms with Crippen LogP contribution in [-0.2, 0) is 6.54 Å². The van der Waals surface area contributed by atoms with Gasteiger partial charge >= 0.3 is 0 Å². The third-order valence-corrected chi connectivity index (χ3v) is 4.47. The molecule has 1 aromatic carbocycles. The lowest BCUT2D eigenvalue weighted by Gasteiger charge is -2.18. The van der Waals surface area contributed by atoms with Gasteiger partial charge in [-0.15, -0.1) is 11.3 Å². The first-order valence-electron chi connectivity index (χ1n) is 5.79. The van der Waals surface area contributed by atoms with Crippen LogP contribution in [0.1, 0.15) is 20.9 Å². The molecule has 106 valence electrons. The lowest BCUT2D eigenvalue weighted by molar-refractivity contribution is 0.0785. The third kappa shape index (κ3) is 2.99. The Kier molecular flexibility index (Phi) is 4.39. The Labute approximate surface area is 128 Å². The number of hydrogen-bond acceptors (Lipinski definition) is 4. The molecule has 0 unspecified atom stereocenters. The quantitative estimate of drug-likeness (QED) is 0.858. The first-order valence-corrected chi connectivity index (χ1v) is 7.46. The first-order chi connectivity index (χ1) is 9.40.